The molecule has 3 N–H and O–H groups in total. The number of benzene rings is 1. The summed E-state index contributed by atoms with van der Waals surface area (Å²) in [5, 5.41) is 3.02. The van der Waals surface area contributed by atoms with Crippen molar-refractivity contribution in [1.82, 2.24) is 5.32 Å². The molecule has 5 heteroatoms. The van der Waals surface area contributed by atoms with Crippen LogP contribution in [0.1, 0.15) is 37.6 Å². The van der Waals surface area contributed by atoms with Gasteiger partial charge in [-0.15, -0.1) is 0 Å². The predicted octanol–water partition coefficient (Wildman–Crippen LogP) is 2.20. The van der Waals surface area contributed by atoms with Gasteiger partial charge in [-0.25, -0.2) is 0 Å². The van der Waals surface area contributed by atoms with Crippen LogP contribution in [0.5, 0.6) is 11.5 Å². The Morgan fingerprint density at radius 3 is 2.48 bits per heavy atom. The van der Waals surface area contributed by atoms with Gasteiger partial charge in [0.05, 0.1) is 19.8 Å². The summed E-state index contributed by atoms with van der Waals surface area (Å²) in [4.78, 5) is 12.5. The average molecular weight is 294 g/mol. The number of rotatable bonds is 7. The van der Waals surface area contributed by atoms with Crippen LogP contribution in [0.15, 0.2) is 18.2 Å². The molecule has 1 amide bonds. The Morgan fingerprint density at radius 1 is 1.33 bits per heavy atom. The molecule has 5 nitrogen and oxygen atoms in total. The first-order valence-electron chi connectivity index (χ1n) is 7.10. The largest absolute Gasteiger partial charge is 0.497 e. The molecule has 0 aliphatic rings. The summed E-state index contributed by atoms with van der Waals surface area (Å²) in [5.41, 5.74) is 5.84. The fraction of sp³-hybridized carbons (Fsp3) is 0.562. The molecule has 1 aromatic rings. The van der Waals surface area contributed by atoms with Crippen LogP contribution in [0.25, 0.3) is 0 Å². The molecule has 0 spiro atoms. The lowest BCUT2D eigenvalue weighted by Gasteiger charge is -2.31. The molecule has 0 aliphatic heterocycles. The van der Waals surface area contributed by atoms with Gasteiger partial charge in [0.25, 0.3) is 5.91 Å². The first-order chi connectivity index (χ1) is 9.85. The summed E-state index contributed by atoms with van der Waals surface area (Å²) < 4.78 is 10.4. The van der Waals surface area contributed by atoms with E-state index in [1.807, 2.05) is 6.92 Å². The lowest BCUT2D eigenvalue weighted by molar-refractivity contribution is 0.0895. The molecule has 0 saturated carbocycles. The number of nitrogens with one attached hydrogen (secondary N) is 1. The first kappa shape index (κ1) is 17.3. The SMILES string of the molecule is COc1ccc(OC)c(C(=O)NC(C)(CN)CC(C)C)c1. The van der Waals surface area contributed by atoms with Crippen LogP contribution >= 0.6 is 0 Å². The number of carbonyl (C=O) groups is 1. The van der Waals surface area contributed by atoms with Gasteiger partial charge in [-0.1, -0.05) is 13.8 Å². The smallest absolute Gasteiger partial charge is 0.255 e. The normalized spacial score (nSPS) is 13.7. The van der Waals surface area contributed by atoms with Crippen molar-refractivity contribution in [2.45, 2.75) is 32.7 Å². The van der Waals surface area contributed by atoms with E-state index in [9.17, 15) is 4.79 Å². The van der Waals surface area contributed by atoms with E-state index in [0.717, 1.165) is 6.42 Å². The zero-order valence-electron chi connectivity index (χ0n) is 13.5. The van der Waals surface area contributed by atoms with Crippen molar-refractivity contribution in [3.63, 3.8) is 0 Å². The number of hydrogen-bond acceptors (Lipinski definition) is 4. The Morgan fingerprint density at radius 2 is 2.00 bits per heavy atom. The van der Waals surface area contributed by atoms with E-state index in [-0.39, 0.29) is 5.91 Å². The van der Waals surface area contributed by atoms with Gasteiger partial charge < -0.3 is 20.5 Å². The zero-order valence-corrected chi connectivity index (χ0v) is 13.5. The van der Waals surface area contributed by atoms with E-state index in [0.29, 0.717) is 29.5 Å². The topological polar surface area (TPSA) is 73.6 Å². The molecule has 0 bridgehead atoms. The molecule has 0 fully saturated rings. The Bertz CT molecular complexity index is 488. The van der Waals surface area contributed by atoms with Gasteiger partial charge in [0.1, 0.15) is 11.5 Å². The number of hydrogen-bond donors (Lipinski definition) is 2. The first-order valence-corrected chi connectivity index (χ1v) is 7.10. The Hall–Kier alpha value is -1.75. The summed E-state index contributed by atoms with van der Waals surface area (Å²) in [7, 11) is 3.10. The molecule has 1 aromatic carbocycles. The number of nitrogens with two attached hydrogens (primary N) is 1. The Labute approximate surface area is 126 Å². The highest BCUT2D eigenvalue weighted by atomic mass is 16.5. The number of carbonyl (C=O) groups excluding carboxylic acids is 1. The van der Waals surface area contributed by atoms with Crippen LogP contribution in [0.3, 0.4) is 0 Å². The highest BCUT2D eigenvalue weighted by molar-refractivity contribution is 5.97. The van der Waals surface area contributed by atoms with Crippen molar-refractivity contribution >= 4 is 5.91 Å². The summed E-state index contributed by atoms with van der Waals surface area (Å²) in [6, 6.07) is 5.14. The molecule has 1 atom stereocenters. The van der Waals surface area contributed by atoms with Crippen molar-refractivity contribution in [3.8, 4) is 11.5 Å². The van der Waals surface area contributed by atoms with E-state index in [2.05, 4.69) is 19.2 Å². The quantitative estimate of drug-likeness (QED) is 0.808. The van der Waals surface area contributed by atoms with Crippen molar-refractivity contribution in [2.75, 3.05) is 20.8 Å². The van der Waals surface area contributed by atoms with Crippen molar-refractivity contribution in [2.24, 2.45) is 11.7 Å². The van der Waals surface area contributed by atoms with Crippen molar-refractivity contribution < 1.29 is 14.3 Å². The van der Waals surface area contributed by atoms with Crippen molar-refractivity contribution in [1.29, 1.82) is 0 Å². The molecule has 118 valence electrons. The second kappa shape index (κ2) is 7.31. The van der Waals surface area contributed by atoms with Crippen LogP contribution in [-0.4, -0.2) is 32.2 Å². The molecule has 0 aromatic heterocycles. The number of amides is 1. The molecule has 1 unspecified atom stereocenters. The minimum atomic E-state index is -0.445. The standard InChI is InChI=1S/C16H26N2O3/c1-11(2)9-16(3,10-17)18-15(19)13-8-12(20-4)6-7-14(13)21-5/h6-8,11H,9-10,17H2,1-5H3,(H,18,19). The summed E-state index contributed by atoms with van der Waals surface area (Å²) in [5.74, 6) is 1.35. The summed E-state index contributed by atoms with van der Waals surface area (Å²) >= 11 is 0. The van der Waals surface area contributed by atoms with Crippen LogP contribution in [0.2, 0.25) is 0 Å². The van der Waals surface area contributed by atoms with E-state index in [4.69, 9.17) is 15.2 Å². The highest BCUT2D eigenvalue weighted by Gasteiger charge is 2.27. The van der Waals surface area contributed by atoms with Crippen LogP contribution in [0.4, 0.5) is 0 Å². The minimum Gasteiger partial charge on any atom is -0.497 e. The molecule has 0 aliphatic carbocycles. The average Bonchev–Trinajstić information content (AvgIpc) is 2.45. The van der Waals surface area contributed by atoms with Crippen LogP contribution in [0, 0.1) is 5.92 Å². The van der Waals surface area contributed by atoms with Gasteiger partial charge in [0, 0.05) is 12.1 Å². The molecular weight excluding hydrogens is 268 g/mol. The molecular formula is C16H26N2O3. The molecule has 1 rings (SSSR count). The highest BCUT2D eigenvalue weighted by Crippen LogP contribution is 2.25. The second-order valence-electron chi connectivity index (χ2n) is 5.88. The molecule has 0 heterocycles. The van der Waals surface area contributed by atoms with Crippen molar-refractivity contribution in [3.05, 3.63) is 23.8 Å². The third-order valence-corrected chi connectivity index (χ3v) is 3.38. The maximum atomic E-state index is 12.5. The van der Waals surface area contributed by atoms with E-state index >= 15 is 0 Å². The van der Waals surface area contributed by atoms with Gasteiger partial charge in [-0.05, 0) is 37.5 Å². The minimum absolute atomic E-state index is 0.209. The second-order valence-corrected chi connectivity index (χ2v) is 5.88. The predicted molar refractivity (Wildman–Crippen MR) is 83.9 cm³/mol. The van der Waals surface area contributed by atoms with Gasteiger partial charge in [0.15, 0.2) is 0 Å². The maximum Gasteiger partial charge on any atom is 0.255 e. The Balaban J connectivity index is 3.02. The lowest BCUT2D eigenvalue weighted by Crippen LogP contribution is -2.52. The fourth-order valence-corrected chi connectivity index (χ4v) is 2.42. The van der Waals surface area contributed by atoms with Gasteiger partial charge in [0.2, 0.25) is 0 Å². The Kier molecular flexibility index (Phi) is 6.03. The van der Waals surface area contributed by atoms with Gasteiger partial charge in [-0.3, -0.25) is 4.79 Å². The fourth-order valence-electron chi connectivity index (χ4n) is 2.42. The summed E-state index contributed by atoms with van der Waals surface area (Å²) in [6.07, 6.45) is 0.807. The lowest BCUT2D eigenvalue weighted by atomic mass is 9.90. The van der Waals surface area contributed by atoms with Crippen LogP contribution in [-0.2, 0) is 0 Å². The zero-order chi connectivity index (χ0) is 16.0. The monoisotopic (exact) mass is 294 g/mol. The summed E-state index contributed by atoms with van der Waals surface area (Å²) in [6.45, 7) is 6.54. The molecule has 0 radical (unpaired) electrons. The number of ether oxygens (including phenoxy) is 2. The van der Waals surface area contributed by atoms with Gasteiger partial charge in [-0.2, -0.15) is 0 Å². The van der Waals surface area contributed by atoms with Crippen LogP contribution < -0.4 is 20.5 Å². The van der Waals surface area contributed by atoms with E-state index in [1.54, 1.807) is 25.3 Å². The number of methoxy groups -OCH3 is 2. The van der Waals surface area contributed by atoms with Gasteiger partial charge >= 0.3 is 0 Å². The molecule has 0 saturated heterocycles. The third kappa shape index (κ3) is 4.63. The van der Waals surface area contributed by atoms with E-state index < -0.39 is 5.54 Å². The maximum absolute atomic E-state index is 12.5. The third-order valence-electron chi connectivity index (χ3n) is 3.38. The van der Waals surface area contributed by atoms with E-state index in [1.165, 1.54) is 7.11 Å². The molecule has 21 heavy (non-hydrogen) atoms.